The van der Waals surface area contributed by atoms with E-state index in [-0.39, 0.29) is 25.0 Å². The highest BCUT2D eigenvalue weighted by Gasteiger charge is 2.64. The molecular formula is C29H38NO11-. The van der Waals surface area contributed by atoms with Crippen LogP contribution in [-0.4, -0.2) is 93.6 Å². The van der Waals surface area contributed by atoms with Crippen molar-refractivity contribution in [2.75, 3.05) is 20.3 Å². The number of carboxylic acids is 1. The van der Waals surface area contributed by atoms with Gasteiger partial charge in [0.25, 0.3) is 0 Å². The zero-order chi connectivity index (χ0) is 29.9. The predicted octanol–water partition coefficient (Wildman–Crippen LogP) is -0.925. The van der Waals surface area contributed by atoms with Crippen LogP contribution in [0.5, 0.6) is 0 Å². The van der Waals surface area contributed by atoms with Crippen molar-refractivity contribution in [3.63, 3.8) is 0 Å². The Hall–Kier alpha value is -3.00. The van der Waals surface area contributed by atoms with Gasteiger partial charge in [-0.05, 0) is 30.6 Å². The van der Waals surface area contributed by atoms with E-state index >= 15 is 0 Å². The topological polar surface area (TPSA) is 186 Å². The Morgan fingerprint density at radius 2 is 2.07 bits per heavy atom. The highest BCUT2D eigenvalue weighted by Crippen LogP contribution is 2.46. The highest BCUT2D eigenvalue weighted by atomic mass is 16.7. The number of rotatable bonds is 11. The molecule has 1 saturated heterocycles. The number of hydrogen-bond donors (Lipinski definition) is 5. The average molecular weight is 577 g/mol. The second-order valence-electron chi connectivity index (χ2n) is 10.6. The van der Waals surface area contributed by atoms with E-state index in [2.05, 4.69) is 11.6 Å². The molecule has 1 aromatic rings. The number of hydrogen-bond acceptors (Lipinski definition) is 10. The van der Waals surface area contributed by atoms with Crippen LogP contribution in [-0.2, 0) is 28.5 Å². The lowest BCUT2D eigenvalue weighted by atomic mass is 9.73. The summed E-state index contributed by atoms with van der Waals surface area (Å²) in [4.78, 5) is 28.4. The van der Waals surface area contributed by atoms with Crippen molar-refractivity contribution in [3.05, 3.63) is 47.1 Å². The van der Waals surface area contributed by atoms with Crippen molar-refractivity contribution in [2.45, 2.75) is 74.8 Å². The standard InChI is InChI=1S/C29H38NO11/c1-4-17-19(13-23(33)34)18(25(35)38-3)8-9-20(17)39-27-28(37,5-2)26(36)29(22(15-32)40-27)14-16-10-11-30-24(16)21(41-29)7-6-12-31/h4,8,10-11,14,17,19-20,22,26-27,31-32,36-37H,1,5-7,9,12-13,15H2,2-3H3,(H,33,34)/q-1/t17-,19+,20-,22-,26-,27-,28-,29-/m1/s1. The van der Waals surface area contributed by atoms with Gasteiger partial charge in [0.05, 0.1) is 32.0 Å². The summed E-state index contributed by atoms with van der Waals surface area (Å²) in [6.45, 7) is 4.76. The van der Waals surface area contributed by atoms with E-state index in [1.54, 1.807) is 31.3 Å². The van der Waals surface area contributed by atoms with E-state index in [1.165, 1.54) is 13.2 Å². The number of aromatic nitrogens is 1. The molecule has 226 valence electrons. The molecule has 0 bridgehead atoms. The maximum atomic E-state index is 12.4. The number of aliphatic hydroxyl groups excluding tert-OH is 3. The SMILES string of the molecule is C=C[C@@H]1[C@H](CC(=O)O)C(C(=O)OC)=CC[C@H]1O[C@@H]1O[C@H](CO)[C@]2(C=c3cc[n-]c3=C(CCCO)O2)[C@H](O)[C@]1(O)CC. The van der Waals surface area contributed by atoms with Gasteiger partial charge in [-0.15, -0.1) is 6.58 Å². The van der Waals surface area contributed by atoms with Gasteiger partial charge in [0.15, 0.2) is 11.9 Å². The molecule has 0 amide bonds. The number of fused-ring (bicyclic) bond motifs is 1. The molecule has 12 heteroatoms. The summed E-state index contributed by atoms with van der Waals surface area (Å²) in [5.41, 5.74) is -3.55. The van der Waals surface area contributed by atoms with Crippen molar-refractivity contribution in [1.82, 2.24) is 4.98 Å². The fourth-order valence-corrected chi connectivity index (χ4v) is 6.12. The summed E-state index contributed by atoms with van der Waals surface area (Å²) in [6.07, 6.45) is 1.49. The number of ether oxygens (including phenoxy) is 4. The van der Waals surface area contributed by atoms with Gasteiger partial charge >= 0.3 is 11.9 Å². The highest BCUT2D eigenvalue weighted by molar-refractivity contribution is 5.90. The van der Waals surface area contributed by atoms with Crippen molar-refractivity contribution in [2.24, 2.45) is 11.8 Å². The van der Waals surface area contributed by atoms with E-state index in [4.69, 9.17) is 18.9 Å². The average Bonchev–Trinajstić information content (AvgIpc) is 3.44. The minimum absolute atomic E-state index is 0.0404. The summed E-state index contributed by atoms with van der Waals surface area (Å²) in [6, 6.07) is 1.72. The summed E-state index contributed by atoms with van der Waals surface area (Å²) in [7, 11) is 1.21. The van der Waals surface area contributed by atoms with Gasteiger partial charge in [-0.2, -0.15) is 6.20 Å². The fourth-order valence-electron chi connectivity index (χ4n) is 6.12. The van der Waals surface area contributed by atoms with Crippen LogP contribution in [0.1, 0.15) is 39.0 Å². The molecule has 0 unspecified atom stereocenters. The van der Waals surface area contributed by atoms with E-state index < -0.39 is 72.6 Å². The quantitative estimate of drug-likeness (QED) is 0.161. The van der Waals surface area contributed by atoms with Gasteiger partial charge in [-0.1, -0.05) is 30.5 Å². The summed E-state index contributed by atoms with van der Waals surface area (Å²) >= 11 is 0. The smallest absolute Gasteiger partial charge is 0.333 e. The minimum Gasteiger partial charge on any atom is -0.661 e. The lowest BCUT2D eigenvalue weighted by Crippen LogP contribution is -2.74. The number of esters is 1. The van der Waals surface area contributed by atoms with Crippen LogP contribution in [0, 0.1) is 11.8 Å². The molecular weight excluding hydrogens is 538 g/mol. The zero-order valence-corrected chi connectivity index (χ0v) is 23.1. The van der Waals surface area contributed by atoms with Crippen LogP contribution < -0.4 is 15.6 Å². The van der Waals surface area contributed by atoms with Gasteiger partial charge < -0.3 is 49.5 Å². The lowest BCUT2D eigenvalue weighted by molar-refractivity contribution is -0.365. The molecule has 3 heterocycles. The number of aliphatic hydroxyl groups is 4. The molecule has 1 spiro atoms. The fraction of sp³-hybridized carbons (Fsp3) is 0.586. The first-order chi connectivity index (χ1) is 19.6. The number of carbonyl (C=O) groups is 2. The van der Waals surface area contributed by atoms with E-state index in [0.717, 1.165) is 0 Å². The Balaban J connectivity index is 1.70. The second kappa shape index (κ2) is 12.5. The number of carbonyl (C=O) groups excluding carboxylic acids is 1. The van der Waals surface area contributed by atoms with Gasteiger partial charge in [0, 0.05) is 30.4 Å². The van der Waals surface area contributed by atoms with Crippen LogP contribution in [0.4, 0.5) is 0 Å². The minimum atomic E-state index is -2.04. The van der Waals surface area contributed by atoms with Gasteiger partial charge in [-0.3, -0.25) is 4.79 Å². The molecule has 41 heavy (non-hydrogen) atoms. The van der Waals surface area contributed by atoms with Crippen LogP contribution in [0.15, 0.2) is 36.6 Å². The summed E-state index contributed by atoms with van der Waals surface area (Å²) < 4.78 is 23.6. The Morgan fingerprint density at radius 3 is 2.68 bits per heavy atom. The molecule has 0 saturated carbocycles. The van der Waals surface area contributed by atoms with Crippen LogP contribution in [0.25, 0.3) is 11.8 Å². The Morgan fingerprint density at radius 1 is 1.32 bits per heavy atom. The number of carboxylic acid groups (broad SMARTS) is 1. The first-order valence-electron chi connectivity index (χ1n) is 13.7. The van der Waals surface area contributed by atoms with Gasteiger partial charge in [0.2, 0.25) is 0 Å². The third kappa shape index (κ3) is 5.47. The predicted molar refractivity (Wildman–Crippen MR) is 143 cm³/mol. The Kier molecular flexibility index (Phi) is 9.42. The Bertz CT molecular complexity index is 1290. The van der Waals surface area contributed by atoms with E-state index in [1.807, 2.05) is 0 Å². The molecule has 0 radical (unpaired) electrons. The molecule has 0 aromatic carbocycles. The van der Waals surface area contributed by atoms with E-state index in [9.17, 15) is 35.1 Å². The molecule has 1 aliphatic carbocycles. The molecule has 4 rings (SSSR count). The third-order valence-electron chi connectivity index (χ3n) is 8.32. The zero-order valence-electron chi connectivity index (χ0n) is 23.1. The molecule has 1 fully saturated rings. The lowest BCUT2D eigenvalue weighted by Gasteiger charge is -2.56. The second-order valence-corrected chi connectivity index (χ2v) is 10.6. The number of methoxy groups -OCH3 is 1. The number of aliphatic carboxylic acids is 1. The molecule has 5 N–H and O–H groups in total. The molecule has 1 aromatic heterocycles. The van der Waals surface area contributed by atoms with Crippen molar-refractivity contribution >= 4 is 23.8 Å². The van der Waals surface area contributed by atoms with E-state index in [0.29, 0.717) is 29.2 Å². The van der Waals surface area contributed by atoms with Crippen LogP contribution in [0.2, 0.25) is 0 Å². The summed E-state index contributed by atoms with van der Waals surface area (Å²) in [5, 5.41) is 54.3. The first kappa shape index (κ1) is 30.9. The molecule has 12 nitrogen and oxygen atoms in total. The largest absolute Gasteiger partial charge is 0.661 e. The third-order valence-corrected chi connectivity index (χ3v) is 8.32. The van der Waals surface area contributed by atoms with Crippen molar-refractivity contribution < 1.29 is 54.1 Å². The maximum absolute atomic E-state index is 12.4. The Labute approximate surface area is 237 Å². The van der Waals surface area contributed by atoms with Crippen LogP contribution >= 0.6 is 0 Å². The summed E-state index contributed by atoms with van der Waals surface area (Å²) in [5.74, 6) is -2.89. The van der Waals surface area contributed by atoms with Crippen molar-refractivity contribution in [3.8, 4) is 0 Å². The normalized spacial score (nSPS) is 34.7. The molecule has 8 atom stereocenters. The maximum Gasteiger partial charge on any atom is 0.333 e. The number of nitrogens with zero attached hydrogens (tertiary/aromatic N) is 1. The molecule has 3 aliphatic rings. The van der Waals surface area contributed by atoms with Crippen LogP contribution in [0.3, 0.4) is 0 Å². The molecule has 2 aliphatic heterocycles. The van der Waals surface area contributed by atoms with Crippen molar-refractivity contribution in [1.29, 1.82) is 0 Å². The van der Waals surface area contributed by atoms with Gasteiger partial charge in [-0.25, -0.2) is 4.79 Å². The monoisotopic (exact) mass is 576 g/mol. The first-order valence-corrected chi connectivity index (χ1v) is 13.7. The van der Waals surface area contributed by atoms with Gasteiger partial charge in [0.1, 0.15) is 17.8 Å².